The summed E-state index contributed by atoms with van der Waals surface area (Å²) in [5.74, 6) is -0.743. The zero-order chi connectivity index (χ0) is 13.1. The van der Waals surface area contributed by atoms with Gasteiger partial charge < -0.3 is 9.47 Å². The Morgan fingerprint density at radius 2 is 2.22 bits per heavy atom. The number of carbonyl (C=O) groups is 2. The molecule has 2 unspecified atom stereocenters. The van der Waals surface area contributed by atoms with E-state index >= 15 is 0 Å². The highest BCUT2D eigenvalue weighted by Crippen LogP contribution is 2.26. The van der Waals surface area contributed by atoms with Crippen LogP contribution < -0.4 is 0 Å². The smallest absolute Gasteiger partial charge is 0.334 e. The molecule has 0 fully saturated rings. The molecule has 1 aliphatic carbocycles. The van der Waals surface area contributed by atoms with Gasteiger partial charge in [-0.1, -0.05) is 12.2 Å². The van der Waals surface area contributed by atoms with E-state index in [2.05, 4.69) is 9.73 Å². The summed E-state index contributed by atoms with van der Waals surface area (Å²) in [7, 11) is 1.31. The highest BCUT2D eigenvalue weighted by molar-refractivity contribution is 6.08. The first kappa shape index (κ1) is 12.4. The predicted molar refractivity (Wildman–Crippen MR) is 65.2 cm³/mol. The lowest BCUT2D eigenvalue weighted by Gasteiger charge is -2.24. The number of methoxy groups -OCH3 is 1. The third-order valence-corrected chi connectivity index (χ3v) is 2.73. The number of dihydropyridines is 1. The number of esters is 1. The number of allylic oxidation sites excluding steroid dienone is 3. The highest BCUT2D eigenvalue weighted by Gasteiger charge is 2.28. The Morgan fingerprint density at radius 1 is 1.44 bits per heavy atom. The van der Waals surface area contributed by atoms with E-state index < -0.39 is 18.2 Å². The zero-order valence-electron chi connectivity index (χ0n) is 10.1. The molecule has 94 valence electrons. The molecule has 1 aliphatic heterocycles. The van der Waals surface area contributed by atoms with Crippen molar-refractivity contribution in [3.63, 3.8) is 0 Å². The molecule has 18 heavy (non-hydrogen) atoms. The maximum atomic E-state index is 11.6. The van der Waals surface area contributed by atoms with Gasteiger partial charge in [-0.05, 0) is 24.6 Å². The van der Waals surface area contributed by atoms with E-state index in [4.69, 9.17) is 4.74 Å². The first-order chi connectivity index (χ1) is 8.63. The molecule has 1 heterocycles. The minimum atomic E-state index is -0.695. The van der Waals surface area contributed by atoms with Crippen molar-refractivity contribution in [1.29, 1.82) is 0 Å². The summed E-state index contributed by atoms with van der Waals surface area (Å²) in [5.41, 5.74) is 1.22. The van der Waals surface area contributed by atoms with E-state index in [9.17, 15) is 9.59 Å². The van der Waals surface area contributed by atoms with Crippen LogP contribution in [0.25, 0.3) is 0 Å². The lowest BCUT2D eigenvalue weighted by Crippen LogP contribution is -2.30. The van der Waals surface area contributed by atoms with Gasteiger partial charge in [-0.2, -0.15) is 0 Å². The second-order valence-electron chi connectivity index (χ2n) is 3.89. The van der Waals surface area contributed by atoms with E-state index in [0.717, 1.165) is 0 Å². The summed E-state index contributed by atoms with van der Waals surface area (Å²) in [6.07, 6.45) is 7.21. The molecule has 5 heteroatoms. The van der Waals surface area contributed by atoms with Gasteiger partial charge in [0.1, 0.15) is 6.10 Å². The largest absolute Gasteiger partial charge is 0.467 e. The first-order valence-corrected chi connectivity index (χ1v) is 5.54. The van der Waals surface area contributed by atoms with Crippen molar-refractivity contribution in [1.82, 2.24) is 0 Å². The van der Waals surface area contributed by atoms with Crippen LogP contribution in [0.1, 0.15) is 6.92 Å². The van der Waals surface area contributed by atoms with Crippen LogP contribution in [0.5, 0.6) is 0 Å². The van der Waals surface area contributed by atoms with Gasteiger partial charge in [-0.25, -0.2) is 9.79 Å². The second kappa shape index (κ2) is 5.10. The Balaban J connectivity index is 2.16. The lowest BCUT2D eigenvalue weighted by molar-refractivity contribution is -0.154. The minimum absolute atomic E-state index is 0.295. The first-order valence-electron chi connectivity index (χ1n) is 5.54. The number of nitrogens with zero attached hydrogens (tertiary/aromatic N) is 1. The molecule has 0 aromatic heterocycles. The van der Waals surface area contributed by atoms with Crippen molar-refractivity contribution in [2.75, 3.05) is 7.11 Å². The number of ether oxygens (including phenoxy) is 2. The summed E-state index contributed by atoms with van der Waals surface area (Å²) >= 11 is 0. The van der Waals surface area contributed by atoms with E-state index in [0.29, 0.717) is 11.1 Å². The quantitative estimate of drug-likeness (QED) is 0.697. The Morgan fingerprint density at radius 3 is 2.94 bits per heavy atom. The van der Waals surface area contributed by atoms with E-state index in [1.54, 1.807) is 31.2 Å². The number of hydrogen-bond acceptors (Lipinski definition) is 4. The maximum Gasteiger partial charge on any atom is 0.334 e. The molecule has 2 atom stereocenters. The van der Waals surface area contributed by atoms with Crippen LogP contribution in [-0.4, -0.2) is 37.4 Å². The molecule has 0 bridgehead atoms. The van der Waals surface area contributed by atoms with Gasteiger partial charge >= 0.3 is 5.97 Å². The average molecular weight is 247 g/mol. The van der Waals surface area contributed by atoms with E-state index in [1.165, 1.54) is 13.3 Å². The third kappa shape index (κ3) is 2.31. The third-order valence-electron chi connectivity index (χ3n) is 2.73. The van der Waals surface area contributed by atoms with Crippen LogP contribution in [0.3, 0.4) is 0 Å². The fourth-order valence-electron chi connectivity index (χ4n) is 1.80. The second-order valence-corrected chi connectivity index (χ2v) is 3.89. The standard InChI is InChI=1S/C13H13NO4/c1-8(13(16)17-2)18-11-5-3-4-10-9(11)6-7-14-12(10)15/h3-8,11H,1-2H3. The van der Waals surface area contributed by atoms with Crippen molar-refractivity contribution in [3.8, 4) is 0 Å². The van der Waals surface area contributed by atoms with E-state index in [-0.39, 0.29) is 5.91 Å². The lowest BCUT2D eigenvalue weighted by atomic mass is 9.93. The number of amides is 1. The number of fused-ring (bicyclic) bond motifs is 1. The summed E-state index contributed by atoms with van der Waals surface area (Å²) in [6.45, 7) is 1.61. The van der Waals surface area contributed by atoms with Crippen LogP contribution in [0.2, 0.25) is 0 Å². The SMILES string of the molecule is COC(=O)C(C)OC1C=CC=C2C(=O)N=CC=C21. The van der Waals surface area contributed by atoms with Crippen molar-refractivity contribution in [2.45, 2.75) is 19.1 Å². The van der Waals surface area contributed by atoms with E-state index in [1.807, 2.05) is 0 Å². The highest BCUT2D eigenvalue weighted by atomic mass is 16.6. The molecule has 2 aliphatic rings. The van der Waals surface area contributed by atoms with Crippen LogP contribution in [0.15, 0.2) is 40.4 Å². The van der Waals surface area contributed by atoms with Crippen LogP contribution in [0.4, 0.5) is 0 Å². The van der Waals surface area contributed by atoms with Crippen LogP contribution >= 0.6 is 0 Å². The minimum Gasteiger partial charge on any atom is -0.467 e. The van der Waals surface area contributed by atoms with Crippen molar-refractivity contribution < 1.29 is 19.1 Å². The molecule has 1 amide bonds. The number of aliphatic imine (C=N–C) groups is 1. The van der Waals surface area contributed by atoms with Crippen molar-refractivity contribution >= 4 is 18.1 Å². The van der Waals surface area contributed by atoms with Gasteiger partial charge in [0.25, 0.3) is 5.91 Å². The summed E-state index contributed by atoms with van der Waals surface area (Å²) in [5, 5.41) is 0. The van der Waals surface area contributed by atoms with Crippen LogP contribution in [-0.2, 0) is 19.1 Å². The Labute approximate surface area is 104 Å². The summed E-state index contributed by atoms with van der Waals surface area (Å²) in [6, 6.07) is 0. The Hall–Kier alpha value is -2.01. The molecule has 5 nitrogen and oxygen atoms in total. The predicted octanol–water partition coefficient (Wildman–Crippen LogP) is 0.967. The number of carbonyl (C=O) groups excluding carboxylic acids is 2. The molecule has 0 aromatic rings. The fraction of sp³-hybridized carbons (Fsp3) is 0.308. The van der Waals surface area contributed by atoms with Gasteiger partial charge in [-0.15, -0.1) is 0 Å². The molecular weight excluding hydrogens is 234 g/mol. The summed E-state index contributed by atoms with van der Waals surface area (Å²) < 4.78 is 10.2. The van der Waals surface area contributed by atoms with Gasteiger partial charge in [0.05, 0.1) is 7.11 Å². The number of hydrogen-bond donors (Lipinski definition) is 0. The van der Waals surface area contributed by atoms with Crippen LogP contribution in [0, 0.1) is 0 Å². The average Bonchev–Trinajstić information content (AvgIpc) is 2.39. The molecule has 0 aromatic carbocycles. The van der Waals surface area contributed by atoms with Gasteiger partial charge in [0.2, 0.25) is 0 Å². The molecule has 0 saturated heterocycles. The molecule has 0 spiro atoms. The molecular formula is C13H13NO4. The molecule has 0 radical (unpaired) electrons. The topological polar surface area (TPSA) is 65.0 Å². The summed E-state index contributed by atoms with van der Waals surface area (Å²) in [4.78, 5) is 26.6. The van der Waals surface area contributed by atoms with Gasteiger partial charge in [-0.3, -0.25) is 4.79 Å². The van der Waals surface area contributed by atoms with Crippen molar-refractivity contribution in [2.24, 2.45) is 4.99 Å². The molecule has 0 N–H and O–H groups in total. The number of rotatable bonds is 3. The van der Waals surface area contributed by atoms with Gasteiger partial charge in [0, 0.05) is 11.8 Å². The zero-order valence-corrected chi connectivity index (χ0v) is 10.1. The van der Waals surface area contributed by atoms with Crippen molar-refractivity contribution in [3.05, 3.63) is 35.5 Å². The molecule has 2 rings (SSSR count). The Bertz CT molecular complexity index is 499. The maximum absolute atomic E-state index is 11.6. The van der Waals surface area contributed by atoms with Gasteiger partial charge in [0.15, 0.2) is 6.10 Å². The normalized spacial score (nSPS) is 23.0. The molecule has 0 saturated carbocycles. The fourth-order valence-corrected chi connectivity index (χ4v) is 1.80. The Kier molecular flexibility index (Phi) is 3.53. The monoisotopic (exact) mass is 247 g/mol.